The van der Waals surface area contributed by atoms with Crippen LogP contribution in [0.4, 0.5) is 0 Å². The molecule has 0 radical (unpaired) electrons. The second kappa shape index (κ2) is 23.5. The van der Waals surface area contributed by atoms with E-state index >= 15 is 0 Å². The molecule has 0 spiro atoms. The minimum atomic E-state index is -0.642. The van der Waals surface area contributed by atoms with Crippen LogP contribution in [0.3, 0.4) is 0 Å². The molecule has 2 unspecified atom stereocenters. The third-order valence-corrected chi connectivity index (χ3v) is 6.09. The van der Waals surface area contributed by atoms with Gasteiger partial charge in [-0.1, -0.05) is 129 Å². The molecule has 0 fully saturated rings. The summed E-state index contributed by atoms with van der Waals surface area (Å²) in [6.45, 7) is 5.32. The van der Waals surface area contributed by atoms with Crippen LogP contribution in [0.25, 0.3) is 0 Å². The van der Waals surface area contributed by atoms with Crippen LogP contribution in [-0.4, -0.2) is 23.3 Å². The smallest absolute Gasteiger partial charge is 0.123 e. The summed E-state index contributed by atoms with van der Waals surface area (Å²) in [6.07, 6.45) is 26.2. The molecule has 0 aromatic carbocycles. The van der Waals surface area contributed by atoms with E-state index in [-0.39, 0.29) is 6.10 Å². The van der Waals surface area contributed by atoms with Crippen molar-refractivity contribution in [3.8, 4) is 0 Å². The Kier molecular flexibility index (Phi) is 23.8. The second-order valence-electron chi connectivity index (χ2n) is 8.62. The van der Waals surface area contributed by atoms with Gasteiger partial charge in [-0.3, -0.25) is 0 Å². The van der Waals surface area contributed by atoms with Crippen LogP contribution in [0.5, 0.6) is 0 Å². The van der Waals surface area contributed by atoms with Gasteiger partial charge in [-0.2, -0.15) is 0 Å². The van der Waals surface area contributed by atoms with E-state index in [1.54, 1.807) is 0 Å². The van der Waals surface area contributed by atoms with Gasteiger partial charge in [0.1, 0.15) is 5.44 Å². The molecule has 0 bridgehead atoms. The lowest BCUT2D eigenvalue weighted by atomic mass is 10.1. The summed E-state index contributed by atoms with van der Waals surface area (Å²) < 4.78 is 5.92. The van der Waals surface area contributed by atoms with E-state index in [0.29, 0.717) is 0 Å². The van der Waals surface area contributed by atoms with Crippen molar-refractivity contribution in [2.75, 3.05) is 6.61 Å². The van der Waals surface area contributed by atoms with Crippen LogP contribution in [-0.2, 0) is 4.74 Å². The van der Waals surface area contributed by atoms with Gasteiger partial charge in [0, 0.05) is 6.61 Å². The predicted molar refractivity (Wildman–Crippen MR) is 128 cm³/mol. The normalized spacial score (nSPS) is 13.7. The molecule has 0 aliphatic heterocycles. The van der Waals surface area contributed by atoms with Gasteiger partial charge in [-0.15, -0.1) is 12.6 Å². The maximum Gasteiger partial charge on any atom is 0.123 e. The molecule has 0 rings (SSSR count). The first kappa shape index (κ1) is 28.3. The maximum absolute atomic E-state index is 9.84. The Morgan fingerprint density at radius 2 is 0.929 bits per heavy atom. The standard InChI is InChI=1S/C25H52O2S/c1-3-5-7-9-11-13-15-17-19-21-23-27-24(25(26)28)22-20-18-16-14-12-10-8-6-4-2/h24-26,28H,3-23H2,1-2H3. The van der Waals surface area contributed by atoms with Gasteiger partial charge in [-0.25, -0.2) is 0 Å². The third-order valence-electron chi connectivity index (χ3n) is 5.75. The summed E-state index contributed by atoms with van der Waals surface area (Å²) in [4.78, 5) is 0. The highest BCUT2D eigenvalue weighted by atomic mass is 32.1. The molecular weight excluding hydrogens is 364 g/mol. The Bertz CT molecular complexity index is 284. The van der Waals surface area contributed by atoms with Crippen molar-refractivity contribution < 1.29 is 9.84 Å². The molecule has 2 nitrogen and oxygen atoms in total. The molecule has 0 aromatic heterocycles. The van der Waals surface area contributed by atoms with E-state index in [1.165, 1.54) is 109 Å². The lowest BCUT2D eigenvalue weighted by Crippen LogP contribution is -2.25. The molecule has 1 N–H and O–H groups in total. The maximum atomic E-state index is 9.84. The number of hydrogen-bond acceptors (Lipinski definition) is 3. The van der Waals surface area contributed by atoms with Crippen molar-refractivity contribution in [1.82, 2.24) is 0 Å². The van der Waals surface area contributed by atoms with Crippen LogP contribution in [0.1, 0.15) is 142 Å². The van der Waals surface area contributed by atoms with Gasteiger partial charge >= 0.3 is 0 Å². The highest BCUT2D eigenvalue weighted by Gasteiger charge is 2.15. The van der Waals surface area contributed by atoms with Crippen molar-refractivity contribution in [1.29, 1.82) is 0 Å². The minimum absolute atomic E-state index is 0.0912. The quantitative estimate of drug-likeness (QED) is 0.0993. The number of thiol groups is 1. The molecule has 3 heteroatoms. The van der Waals surface area contributed by atoms with Crippen molar-refractivity contribution in [3.05, 3.63) is 0 Å². The average Bonchev–Trinajstić information content (AvgIpc) is 2.68. The van der Waals surface area contributed by atoms with E-state index in [9.17, 15) is 5.11 Å². The van der Waals surface area contributed by atoms with Gasteiger partial charge in [0.2, 0.25) is 0 Å². The van der Waals surface area contributed by atoms with Gasteiger partial charge in [0.05, 0.1) is 6.10 Å². The van der Waals surface area contributed by atoms with Gasteiger partial charge in [-0.05, 0) is 12.8 Å². The van der Waals surface area contributed by atoms with Gasteiger partial charge in [0.25, 0.3) is 0 Å². The largest absolute Gasteiger partial charge is 0.380 e. The van der Waals surface area contributed by atoms with Crippen molar-refractivity contribution in [2.24, 2.45) is 0 Å². The fraction of sp³-hybridized carbons (Fsp3) is 1.00. The zero-order valence-corrected chi connectivity index (χ0v) is 20.2. The van der Waals surface area contributed by atoms with Gasteiger partial charge < -0.3 is 9.84 Å². The molecule has 0 saturated heterocycles. The number of unbranched alkanes of at least 4 members (excludes halogenated alkanes) is 17. The molecule has 0 aromatic rings. The Morgan fingerprint density at radius 3 is 1.32 bits per heavy atom. The molecule has 0 heterocycles. The van der Waals surface area contributed by atoms with Crippen molar-refractivity contribution in [2.45, 2.75) is 154 Å². The van der Waals surface area contributed by atoms with Crippen molar-refractivity contribution in [3.63, 3.8) is 0 Å². The number of rotatable bonds is 23. The van der Waals surface area contributed by atoms with Crippen LogP contribution in [0, 0.1) is 0 Å². The molecule has 2 atom stereocenters. The minimum Gasteiger partial charge on any atom is -0.380 e. The first-order chi connectivity index (χ1) is 13.7. The molecule has 0 aliphatic rings. The van der Waals surface area contributed by atoms with Crippen LogP contribution >= 0.6 is 12.6 Å². The van der Waals surface area contributed by atoms with E-state index < -0.39 is 5.44 Å². The Balaban J connectivity index is 3.43. The molecule has 0 aliphatic carbocycles. The van der Waals surface area contributed by atoms with E-state index in [1.807, 2.05) is 0 Å². The number of ether oxygens (including phenoxy) is 1. The Hall–Kier alpha value is 0.270. The summed E-state index contributed by atoms with van der Waals surface area (Å²) in [5, 5.41) is 9.84. The molecular formula is C25H52O2S. The van der Waals surface area contributed by atoms with Crippen LogP contribution in [0.15, 0.2) is 0 Å². The lowest BCUT2D eigenvalue weighted by molar-refractivity contribution is -0.00796. The fourth-order valence-electron chi connectivity index (χ4n) is 3.80. The zero-order chi connectivity index (χ0) is 20.7. The number of aliphatic hydroxyl groups is 1. The monoisotopic (exact) mass is 416 g/mol. The predicted octanol–water partition coefficient (Wildman–Crippen LogP) is 8.46. The Morgan fingerprint density at radius 1 is 0.571 bits per heavy atom. The van der Waals surface area contributed by atoms with Crippen molar-refractivity contribution >= 4 is 12.6 Å². The summed E-state index contributed by atoms with van der Waals surface area (Å²) in [7, 11) is 0. The highest BCUT2D eigenvalue weighted by molar-refractivity contribution is 7.80. The summed E-state index contributed by atoms with van der Waals surface area (Å²) in [5.74, 6) is 0. The summed E-state index contributed by atoms with van der Waals surface area (Å²) >= 11 is 4.22. The second-order valence-corrected chi connectivity index (χ2v) is 9.15. The Labute approximate surface area is 183 Å². The summed E-state index contributed by atoms with van der Waals surface area (Å²) in [5.41, 5.74) is -0.642. The lowest BCUT2D eigenvalue weighted by Gasteiger charge is -2.20. The molecule has 28 heavy (non-hydrogen) atoms. The first-order valence-electron chi connectivity index (χ1n) is 12.7. The van der Waals surface area contributed by atoms with E-state index in [0.717, 1.165) is 25.9 Å². The van der Waals surface area contributed by atoms with E-state index in [4.69, 9.17) is 4.74 Å². The van der Waals surface area contributed by atoms with Gasteiger partial charge in [0.15, 0.2) is 0 Å². The molecule has 170 valence electrons. The van der Waals surface area contributed by atoms with Crippen LogP contribution in [0.2, 0.25) is 0 Å². The third kappa shape index (κ3) is 21.0. The van der Waals surface area contributed by atoms with E-state index in [2.05, 4.69) is 26.5 Å². The average molecular weight is 417 g/mol. The SMILES string of the molecule is CCCCCCCCCCCCOC(CCCCCCCCCCC)C(O)S. The number of hydrogen-bond donors (Lipinski definition) is 2. The molecule has 0 saturated carbocycles. The topological polar surface area (TPSA) is 29.5 Å². The number of aliphatic hydroxyl groups excluding tert-OH is 1. The summed E-state index contributed by atoms with van der Waals surface area (Å²) in [6, 6.07) is 0. The zero-order valence-electron chi connectivity index (χ0n) is 19.3. The molecule has 0 amide bonds. The van der Waals surface area contributed by atoms with Crippen LogP contribution < -0.4 is 0 Å². The highest BCUT2D eigenvalue weighted by Crippen LogP contribution is 2.16. The first-order valence-corrected chi connectivity index (χ1v) is 13.2. The fourth-order valence-corrected chi connectivity index (χ4v) is 4.03.